The van der Waals surface area contributed by atoms with Crippen LogP contribution in [0.2, 0.25) is 0 Å². The zero-order valence-electron chi connectivity index (χ0n) is 15.2. The number of para-hydroxylation sites is 1. The van der Waals surface area contributed by atoms with Crippen LogP contribution in [0, 0.1) is 10.1 Å². The number of amides is 1. The number of benzene rings is 2. The third-order valence-corrected chi connectivity index (χ3v) is 6.10. The lowest BCUT2D eigenvalue weighted by molar-refractivity contribution is -0.385. The van der Waals surface area contributed by atoms with E-state index in [0.717, 1.165) is 6.21 Å². The molecule has 152 valence electrons. The zero-order valence-corrected chi connectivity index (χ0v) is 16.0. The highest BCUT2D eigenvalue weighted by Crippen LogP contribution is 2.18. The van der Waals surface area contributed by atoms with Crippen molar-refractivity contribution in [1.29, 1.82) is 0 Å². The number of sulfonamides is 1. The average Bonchev–Trinajstić information content (AvgIpc) is 2.74. The number of carbonyl (C=O) groups is 1. The lowest BCUT2D eigenvalue weighted by atomic mass is 10.2. The molecule has 0 bridgehead atoms. The number of nitro benzene ring substituents is 1. The number of hydrogen-bond donors (Lipinski definition) is 1. The molecule has 0 spiro atoms. The van der Waals surface area contributed by atoms with Gasteiger partial charge in [0.15, 0.2) is 0 Å². The van der Waals surface area contributed by atoms with Crippen LogP contribution in [0.15, 0.2) is 58.5 Å². The number of nitrogens with one attached hydrogen (secondary N) is 1. The third kappa shape index (κ3) is 4.83. The van der Waals surface area contributed by atoms with Gasteiger partial charge in [0.25, 0.3) is 11.6 Å². The van der Waals surface area contributed by atoms with Gasteiger partial charge in [-0.05, 0) is 24.3 Å². The molecule has 1 aliphatic rings. The van der Waals surface area contributed by atoms with E-state index in [1.807, 2.05) is 0 Å². The molecule has 0 unspecified atom stereocenters. The first kappa shape index (κ1) is 20.6. The second kappa shape index (κ2) is 8.90. The van der Waals surface area contributed by atoms with Crippen LogP contribution in [0.5, 0.6) is 0 Å². The van der Waals surface area contributed by atoms with Gasteiger partial charge in [0, 0.05) is 24.7 Å². The number of carbonyl (C=O) groups excluding carboxylic acids is 1. The van der Waals surface area contributed by atoms with Gasteiger partial charge in [0.05, 0.1) is 34.8 Å². The van der Waals surface area contributed by atoms with E-state index in [1.165, 1.54) is 46.8 Å². The highest BCUT2D eigenvalue weighted by atomic mass is 32.2. The summed E-state index contributed by atoms with van der Waals surface area (Å²) < 4.78 is 31.9. The molecule has 0 aliphatic carbocycles. The molecule has 3 rings (SSSR count). The molecule has 1 amide bonds. The maximum absolute atomic E-state index is 12.7. The van der Waals surface area contributed by atoms with E-state index in [0.29, 0.717) is 13.2 Å². The lowest BCUT2D eigenvalue weighted by Gasteiger charge is -2.26. The molecule has 0 aromatic heterocycles. The summed E-state index contributed by atoms with van der Waals surface area (Å²) in [6, 6.07) is 11.5. The topological polar surface area (TPSA) is 131 Å². The van der Waals surface area contributed by atoms with Gasteiger partial charge in [-0.15, -0.1) is 0 Å². The van der Waals surface area contributed by atoms with Gasteiger partial charge in [0.2, 0.25) is 10.0 Å². The molecular weight excluding hydrogens is 400 g/mol. The van der Waals surface area contributed by atoms with Gasteiger partial charge in [-0.2, -0.15) is 9.41 Å². The number of hydrazone groups is 1. The van der Waals surface area contributed by atoms with Crippen molar-refractivity contribution >= 4 is 27.8 Å². The van der Waals surface area contributed by atoms with Gasteiger partial charge < -0.3 is 4.74 Å². The molecular formula is C18H18N4O6S. The molecule has 11 heteroatoms. The Bertz CT molecular complexity index is 1050. The Morgan fingerprint density at radius 1 is 1.17 bits per heavy atom. The average molecular weight is 418 g/mol. The molecule has 0 radical (unpaired) electrons. The van der Waals surface area contributed by atoms with Crippen molar-refractivity contribution in [3.63, 3.8) is 0 Å². The molecule has 0 atom stereocenters. The maximum Gasteiger partial charge on any atom is 0.278 e. The van der Waals surface area contributed by atoms with E-state index < -0.39 is 20.9 Å². The number of rotatable bonds is 6. The smallest absolute Gasteiger partial charge is 0.278 e. The van der Waals surface area contributed by atoms with Crippen LogP contribution >= 0.6 is 0 Å². The van der Waals surface area contributed by atoms with Gasteiger partial charge >= 0.3 is 0 Å². The van der Waals surface area contributed by atoms with Crippen LogP contribution in [0.4, 0.5) is 5.69 Å². The summed E-state index contributed by atoms with van der Waals surface area (Å²) in [5, 5.41) is 14.7. The Kier molecular flexibility index (Phi) is 6.32. The summed E-state index contributed by atoms with van der Waals surface area (Å²) in [5.41, 5.74) is 2.42. The number of nitrogens with zero attached hydrogens (tertiary/aromatic N) is 3. The van der Waals surface area contributed by atoms with Gasteiger partial charge in [0.1, 0.15) is 0 Å². The van der Waals surface area contributed by atoms with Crippen LogP contribution in [-0.2, 0) is 14.8 Å². The van der Waals surface area contributed by atoms with Crippen LogP contribution in [0.1, 0.15) is 15.9 Å². The Morgan fingerprint density at radius 2 is 1.90 bits per heavy atom. The number of hydrogen-bond acceptors (Lipinski definition) is 7. The fourth-order valence-electron chi connectivity index (χ4n) is 2.72. The van der Waals surface area contributed by atoms with E-state index in [9.17, 15) is 23.3 Å². The second-order valence-electron chi connectivity index (χ2n) is 6.06. The van der Waals surface area contributed by atoms with Crippen molar-refractivity contribution in [3.8, 4) is 0 Å². The molecule has 1 N–H and O–H groups in total. The standard InChI is InChI=1S/C18H18N4O6S/c23-18(20-19-13-15-4-1-2-7-17(15)22(24)25)14-5-3-6-16(12-14)29(26,27)21-8-10-28-11-9-21/h1-7,12-13H,8-11H2,(H,20,23)/b19-13-. The summed E-state index contributed by atoms with van der Waals surface area (Å²) in [7, 11) is -3.74. The fourth-order valence-corrected chi connectivity index (χ4v) is 4.18. The number of ether oxygens (including phenoxy) is 1. The quantitative estimate of drug-likeness (QED) is 0.428. The fraction of sp³-hybridized carbons (Fsp3) is 0.222. The number of nitro groups is 1. The van der Waals surface area contributed by atoms with Crippen molar-refractivity contribution in [2.24, 2.45) is 5.10 Å². The molecule has 2 aromatic carbocycles. The van der Waals surface area contributed by atoms with Crippen molar-refractivity contribution in [2.75, 3.05) is 26.3 Å². The Labute approximate surface area is 167 Å². The lowest BCUT2D eigenvalue weighted by Crippen LogP contribution is -2.40. The van der Waals surface area contributed by atoms with E-state index in [1.54, 1.807) is 6.07 Å². The normalized spacial score (nSPS) is 15.3. The van der Waals surface area contributed by atoms with E-state index in [-0.39, 0.29) is 34.8 Å². The van der Waals surface area contributed by atoms with Crippen LogP contribution in [0.3, 0.4) is 0 Å². The summed E-state index contributed by atoms with van der Waals surface area (Å²) >= 11 is 0. The maximum atomic E-state index is 12.7. The Morgan fingerprint density at radius 3 is 2.62 bits per heavy atom. The molecule has 1 heterocycles. The first-order valence-corrected chi connectivity index (χ1v) is 10.1. The van der Waals surface area contributed by atoms with Crippen molar-refractivity contribution in [2.45, 2.75) is 4.90 Å². The minimum atomic E-state index is -3.74. The summed E-state index contributed by atoms with van der Waals surface area (Å²) in [6.07, 6.45) is 1.16. The van der Waals surface area contributed by atoms with Crippen LogP contribution < -0.4 is 5.43 Å². The summed E-state index contributed by atoms with van der Waals surface area (Å²) in [5.74, 6) is -0.640. The highest BCUT2D eigenvalue weighted by molar-refractivity contribution is 7.89. The molecule has 29 heavy (non-hydrogen) atoms. The molecule has 1 saturated heterocycles. The first-order valence-electron chi connectivity index (χ1n) is 8.64. The molecule has 10 nitrogen and oxygen atoms in total. The highest BCUT2D eigenvalue weighted by Gasteiger charge is 2.26. The Balaban J connectivity index is 1.74. The monoisotopic (exact) mass is 418 g/mol. The molecule has 1 aliphatic heterocycles. The van der Waals surface area contributed by atoms with Gasteiger partial charge in [-0.3, -0.25) is 14.9 Å². The van der Waals surface area contributed by atoms with E-state index in [2.05, 4.69) is 10.5 Å². The Hall–Kier alpha value is -3.15. The van der Waals surface area contributed by atoms with Gasteiger partial charge in [-0.25, -0.2) is 13.8 Å². The molecule has 1 fully saturated rings. The summed E-state index contributed by atoms with van der Waals surface area (Å²) in [6.45, 7) is 1.14. The predicted molar refractivity (Wildman–Crippen MR) is 104 cm³/mol. The van der Waals surface area contributed by atoms with Gasteiger partial charge in [-0.1, -0.05) is 18.2 Å². The zero-order chi connectivity index (χ0) is 20.9. The van der Waals surface area contributed by atoms with Crippen molar-refractivity contribution in [1.82, 2.24) is 9.73 Å². The minimum absolute atomic E-state index is 0.00488. The van der Waals surface area contributed by atoms with Crippen LogP contribution in [-0.4, -0.2) is 56.1 Å². The number of morpholine rings is 1. The summed E-state index contributed by atoms with van der Waals surface area (Å²) in [4.78, 5) is 22.8. The largest absolute Gasteiger partial charge is 0.379 e. The van der Waals surface area contributed by atoms with Crippen molar-refractivity contribution < 1.29 is 22.9 Å². The first-order chi connectivity index (χ1) is 13.9. The molecule has 0 saturated carbocycles. The van der Waals surface area contributed by atoms with E-state index >= 15 is 0 Å². The minimum Gasteiger partial charge on any atom is -0.379 e. The van der Waals surface area contributed by atoms with E-state index in [4.69, 9.17) is 4.74 Å². The van der Waals surface area contributed by atoms with Crippen molar-refractivity contribution in [3.05, 3.63) is 69.8 Å². The predicted octanol–water partition coefficient (Wildman–Crippen LogP) is 1.38. The van der Waals surface area contributed by atoms with Crippen LogP contribution in [0.25, 0.3) is 0 Å². The second-order valence-corrected chi connectivity index (χ2v) is 8.00. The SMILES string of the molecule is O=C(N/N=C\c1ccccc1[N+](=O)[O-])c1cccc(S(=O)(=O)N2CCOCC2)c1. The third-order valence-electron chi connectivity index (χ3n) is 4.21. The molecule has 2 aromatic rings.